The van der Waals surface area contributed by atoms with Crippen molar-refractivity contribution in [3.8, 4) is 0 Å². The third-order valence-corrected chi connectivity index (χ3v) is 7.19. The van der Waals surface area contributed by atoms with Crippen LogP contribution in [0.1, 0.15) is 155 Å². The molecule has 3 heteroatoms. The van der Waals surface area contributed by atoms with E-state index in [-0.39, 0.29) is 5.66 Å². The molecule has 2 nitrogen and oxygen atoms in total. The molecule has 0 fully saturated rings. The van der Waals surface area contributed by atoms with Crippen LogP contribution in [0.25, 0.3) is 0 Å². The molecule has 28 heavy (non-hydrogen) atoms. The van der Waals surface area contributed by atoms with Gasteiger partial charge in [-0.2, -0.15) is 0 Å². The Hall–Kier alpha value is 0.350. The average molecular weight is 415 g/mol. The molecular weight excluding hydrogens is 363 g/mol. The molecule has 0 N–H and O–H groups in total. The summed E-state index contributed by atoms with van der Waals surface area (Å²) < 4.78 is 0. The van der Waals surface area contributed by atoms with Crippen molar-refractivity contribution in [2.75, 3.05) is 0 Å². The van der Waals surface area contributed by atoms with Gasteiger partial charge in [0.1, 0.15) is 0 Å². The van der Waals surface area contributed by atoms with Crippen molar-refractivity contribution in [2.24, 2.45) is 0 Å². The van der Waals surface area contributed by atoms with Crippen LogP contribution in [-0.2, 0) is 0 Å². The van der Waals surface area contributed by atoms with Gasteiger partial charge >= 0.3 is 0 Å². The van der Waals surface area contributed by atoms with Gasteiger partial charge in [-0.25, -0.2) is 0 Å². The molecule has 0 unspecified atom stereocenters. The number of hydrogen-bond donors (Lipinski definition) is 0. The van der Waals surface area contributed by atoms with Crippen molar-refractivity contribution in [1.29, 1.82) is 0 Å². The molecule has 0 rings (SSSR count). The fourth-order valence-electron chi connectivity index (χ4n) is 4.09. The molecule has 0 bridgehead atoms. The van der Waals surface area contributed by atoms with Crippen LogP contribution in [-0.4, -0.2) is 5.66 Å². The fraction of sp³-hybridized carbons (Fsp3) is 1.00. The SMILES string of the molecule is CCCCCCCCCCCCC(CCCCCCCCCCCC)P([O-])[O-]. The lowest BCUT2D eigenvalue weighted by Crippen LogP contribution is -2.21. The molecule has 0 aliphatic heterocycles. The van der Waals surface area contributed by atoms with E-state index < -0.39 is 8.38 Å². The monoisotopic (exact) mass is 414 g/mol. The van der Waals surface area contributed by atoms with Crippen molar-refractivity contribution in [1.82, 2.24) is 0 Å². The molecule has 0 spiro atoms. The first kappa shape index (κ1) is 28.4. The summed E-state index contributed by atoms with van der Waals surface area (Å²) >= 11 is 0. The van der Waals surface area contributed by atoms with E-state index in [0.717, 1.165) is 25.7 Å². The summed E-state index contributed by atoms with van der Waals surface area (Å²) in [5.74, 6) is 0. The van der Waals surface area contributed by atoms with Gasteiger partial charge in [-0.05, 0) is 12.8 Å². The molecular formula is C25H51O2P-2. The highest BCUT2D eigenvalue weighted by Crippen LogP contribution is 2.31. The van der Waals surface area contributed by atoms with Gasteiger partial charge in [0, 0.05) is 0 Å². The molecule has 0 aromatic rings. The Kier molecular flexibility index (Phi) is 23.9. The first-order chi connectivity index (χ1) is 13.7. The summed E-state index contributed by atoms with van der Waals surface area (Å²) in [7, 11) is -2.24. The number of hydrogen-bond acceptors (Lipinski definition) is 2. The molecule has 0 aromatic heterocycles. The summed E-state index contributed by atoms with van der Waals surface area (Å²) in [5, 5.41) is 0. The van der Waals surface area contributed by atoms with Crippen LogP contribution >= 0.6 is 8.38 Å². The maximum Gasteiger partial charge on any atom is -0.0488 e. The molecule has 0 aromatic carbocycles. The zero-order valence-electron chi connectivity index (χ0n) is 19.4. The molecule has 0 atom stereocenters. The molecule has 0 aliphatic rings. The van der Waals surface area contributed by atoms with Gasteiger partial charge in [0.2, 0.25) is 0 Å². The van der Waals surface area contributed by atoms with Crippen LogP contribution in [0.15, 0.2) is 0 Å². The molecule has 0 aliphatic carbocycles. The van der Waals surface area contributed by atoms with Gasteiger partial charge < -0.3 is 18.2 Å². The Labute approximate surface area is 179 Å². The first-order valence-corrected chi connectivity index (χ1v) is 14.1. The fourth-order valence-corrected chi connectivity index (χ4v) is 4.88. The standard InChI is InChI=1S/C25H51O2P/c1-3-5-7-9-11-13-15-17-19-21-23-25(28(26)27)24-22-20-18-16-14-12-10-8-6-4-2/h25H,3-24H2,1-2H3/q-2. The smallest absolute Gasteiger partial charge is 0.0488 e. The number of rotatable bonds is 23. The quantitative estimate of drug-likeness (QED) is 0.125. The van der Waals surface area contributed by atoms with Crippen LogP contribution in [0.3, 0.4) is 0 Å². The molecule has 170 valence electrons. The Morgan fingerprint density at radius 1 is 0.429 bits per heavy atom. The Bertz CT molecular complexity index is 260. The zero-order chi connectivity index (χ0) is 20.7. The lowest BCUT2D eigenvalue weighted by Gasteiger charge is -2.40. The zero-order valence-corrected chi connectivity index (χ0v) is 20.3. The van der Waals surface area contributed by atoms with Gasteiger partial charge in [-0.3, -0.25) is 0 Å². The van der Waals surface area contributed by atoms with Gasteiger partial charge in [-0.1, -0.05) is 148 Å². The van der Waals surface area contributed by atoms with Gasteiger partial charge in [-0.15, -0.1) is 0 Å². The molecule has 0 saturated heterocycles. The second-order valence-electron chi connectivity index (χ2n) is 8.88. The molecule has 0 saturated carbocycles. The molecule has 0 heterocycles. The van der Waals surface area contributed by atoms with Crippen LogP contribution in [0.2, 0.25) is 0 Å². The second kappa shape index (κ2) is 23.6. The van der Waals surface area contributed by atoms with Gasteiger partial charge in [0.15, 0.2) is 0 Å². The minimum atomic E-state index is -2.24. The van der Waals surface area contributed by atoms with Crippen molar-refractivity contribution in [3.05, 3.63) is 0 Å². The summed E-state index contributed by atoms with van der Waals surface area (Å²) in [6.45, 7) is 4.53. The van der Waals surface area contributed by atoms with E-state index in [1.54, 1.807) is 0 Å². The summed E-state index contributed by atoms with van der Waals surface area (Å²) in [5.41, 5.74) is -0.0573. The van der Waals surface area contributed by atoms with Crippen LogP contribution in [0, 0.1) is 0 Å². The van der Waals surface area contributed by atoms with Crippen molar-refractivity contribution >= 4 is 8.38 Å². The highest BCUT2D eigenvalue weighted by molar-refractivity contribution is 7.42. The largest absolute Gasteiger partial charge is 0.841 e. The van der Waals surface area contributed by atoms with Gasteiger partial charge in [0.25, 0.3) is 0 Å². The first-order valence-electron chi connectivity index (χ1n) is 12.9. The van der Waals surface area contributed by atoms with Crippen LogP contribution < -0.4 is 9.79 Å². The Morgan fingerprint density at radius 2 is 0.679 bits per heavy atom. The summed E-state index contributed by atoms with van der Waals surface area (Å²) in [6.07, 6.45) is 28.1. The van der Waals surface area contributed by atoms with Crippen molar-refractivity contribution in [2.45, 2.75) is 161 Å². The van der Waals surface area contributed by atoms with E-state index >= 15 is 0 Å². The van der Waals surface area contributed by atoms with Crippen molar-refractivity contribution in [3.63, 3.8) is 0 Å². The van der Waals surface area contributed by atoms with Crippen LogP contribution in [0.5, 0.6) is 0 Å². The summed E-state index contributed by atoms with van der Waals surface area (Å²) in [4.78, 5) is 23.0. The minimum Gasteiger partial charge on any atom is -0.841 e. The van der Waals surface area contributed by atoms with E-state index in [4.69, 9.17) is 0 Å². The molecule has 0 radical (unpaired) electrons. The van der Waals surface area contributed by atoms with E-state index in [0.29, 0.717) is 0 Å². The van der Waals surface area contributed by atoms with E-state index in [9.17, 15) is 9.79 Å². The lowest BCUT2D eigenvalue weighted by molar-refractivity contribution is -0.295. The highest BCUT2D eigenvalue weighted by atomic mass is 31.2. The lowest BCUT2D eigenvalue weighted by atomic mass is 10.0. The summed E-state index contributed by atoms with van der Waals surface area (Å²) in [6, 6.07) is 0. The van der Waals surface area contributed by atoms with E-state index in [1.807, 2.05) is 0 Å². The maximum atomic E-state index is 11.5. The second-order valence-corrected chi connectivity index (χ2v) is 10.2. The van der Waals surface area contributed by atoms with E-state index in [1.165, 1.54) is 116 Å². The average Bonchev–Trinajstić information content (AvgIpc) is 2.68. The minimum absolute atomic E-state index is 0.0573. The maximum absolute atomic E-state index is 11.5. The number of unbranched alkanes of at least 4 members (excludes halogenated alkanes) is 18. The van der Waals surface area contributed by atoms with Crippen LogP contribution in [0.4, 0.5) is 0 Å². The third kappa shape index (κ3) is 21.1. The third-order valence-electron chi connectivity index (χ3n) is 6.08. The van der Waals surface area contributed by atoms with E-state index in [2.05, 4.69) is 13.8 Å². The predicted octanol–water partition coefficient (Wildman–Crippen LogP) is 8.01. The molecule has 0 amide bonds. The van der Waals surface area contributed by atoms with Crippen molar-refractivity contribution < 1.29 is 9.79 Å². The highest BCUT2D eigenvalue weighted by Gasteiger charge is 2.05. The van der Waals surface area contributed by atoms with Gasteiger partial charge in [0.05, 0.1) is 0 Å². The Balaban J connectivity index is 3.44. The topological polar surface area (TPSA) is 46.1 Å². The Morgan fingerprint density at radius 3 is 0.929 bits per heavy atom. The normalized spacial score (nSPS) is 11.8. The predicted molar refractivity (Wildman–Crippen MR) is 124 cm³/mol.